The third kappa shape index (κ3) is 2.69. The molecule has 1 aliphatic carbocycles. The quantitative estimate of drug-likeness (QED) is 0.791. The highest BCUT2D eigenvalue weighted by atomic mass is 16.3. The number of pyridine rings is 1. The Hall–Kier alpha value is -1.09. The minimum atomic E-state index is 0.293. The van der Waals surface area contributed by atoms with E-state index in [2.05, 4.69) is 10.3 Å². The summed E-state index contributed by atoms with van der Waals surface area (Å²) in [5.74, 6) is 1.14. The van der Waals surface area contributed by atoms with Crippen molar-refractivity contribution in [3.05, 3.63) is 23.5 Å². The van der Waals surface area contributed by atoms with E-state index in [1.807, 2.05) is 13.0 Å². The van der Waals surface area contributed by atoms with Crippen molar-refractivity contribution in [1.82, 2.24) is 10.3 Å². The van der Waals surface area contributed by atoms with E-state index in [-0.39, 0.29) is 0 Å². The van der Waals surface area contributed by atoms with E-state index in [1.54, 1.807) is 6.07 Å². The Kier molecular flexibility index (Phi) is 3.21. The topological polar surface area (TPSA) is 45.1 Å². The second-order valence-electron chi connectivity index (χ2n) is 4.35. The first-order chi connectivity index (χ1) is 7.25. The summed E-state index contributed by atoms with van der Waals surface area (Å²) in [6, 6.07) is 3.54. The molecule has 0 spiro atoms. The van der Waals surface area contributed by atoms with E-state index >= 15 is 0 Å². The lowest BCUT2D eigenvalue weighted by Crippen LogP contribution is -2.27. The molecule has 1 heterocycles. The molecule has 2 N–H and O–H groups in total. The van der Waals surface area contributed by atoms with Crippen LogP contribution in [0.4, 0.5) is 0 Å². The zero-order chi connectivity index (χ0) is 10.7. The number of nitrogens with zero attached hydrogens (tertiary/aromatic N) is 1. The van der Waals surface area contributed by atoms with Crippen LogP contribution in [0.15, 0.2) is 12.1 Å². The van der Waals surface area contributed by atoms with Crippen LogP contribution in [-0.2, 0) is 6.54 Å². The lowest BCUT2D eigenvalue weighted by atomic mass is 9.85. The van der Waals surface area contributed by atoms with E-state index in [9.17, 15) is 5.11 Å². The van der Waals surface area contributed by atoms with Crippen molar-refractivity contribution in [3.8, 4) is 5.75 Å². The number of aromatic hydroxyl groups is 1. The molecule has 1 aromatic heterocycles. The van der Waals surface area contributed by atoms with Gasteiger partial charge in [-0.25, -0.2) is 0 Å². The molecule has 3 heteroatoms. The summed E-state index contributed by atoms with van der Waals surface area (Å²) < 4.78 is 0. The van der Waals surface area contributed by atoms with E-state index in [1.165, 1.54) is 19.3 Å². The predicted octanol–water partition coefficient (Wildman–Crippen LogP) is 1.99. The number of nitrogens with one attached hydrogen (secondary N) is 1. The molecule has 1 saturated carbocycles. The van der Waals surface area contributed by atoms with Gasteiger partial charge in [0.05, 0.1) is 5.69 Å². The largest absolute Gasteiger partial charge is 0.506 e. The smallest absolute Gasteiger partial charge is 0.138 e. The zero-order valence-electron chi connectivity index (χ0n) is 9.16. The van der Waals surface area contributed by atoms with Crippen LogP contribution in [0.1, 0.15) is 30.7 Å². The summed E-state index contributed by atoms with van der Waals surface area (Å²) in [5, 5.41) is 12.9. The number of aromatic nitrogens is 1. The fourth-order valence-corrected chi connectivity index (χ4v) is 1.82. The van der Waals surface area contributed by atoms with Crippen LogP contribution in [0.25, 0.3) is 0 Å². The lowest BCUT2D eigenvalue weighted by Gasteiger charge is -2.25. The van der Waals surface area contributed by atoms with Gasteiger partial charge >= 0.3 is 0 Å². The molecule has 0 aromatic carbocycles. The van der Waals surface area contributed by atoms with Crippen molar-refractivity contribution in [3.63, 3.8) is 0 Å². The van der Waals surface area contributed by atoms with Crippen molar-refractivity contribution in [2.45, 2.75) is 32.7 Å². The van der Waals surface area contributed by atoms with Gasteiger partial charge in [0.15, 0.2) is 0 Å². The Balaban J connectivity index is 1.83. The Morgan fingerprint density at radius 1 is 1.47 bits per heavy atom. The Morgan fingerprint density at radius 3 is 2.93 bits per heavy atom. The first-order valence-electron chi connectivity index (χ1n) is 5.62. The van der Waals surface area contributed by atoms with Gasteiger partial charge in [-0.1, -0.05) is 6.42 Å². The molecule has 0 unspecified atom stereocenters. The number of aryl methyl sites for hydroxylation is 1. The van der Waals surface area contributed by atoms with Crippen LogP contribution in [0.3, 0.4) is 0 Å². The van der Waals surface area contributed by atoms with Gasteiger partial charge in [0.1, 0.15) is 5.75 Å². The Morgan fingerprint density at radius 2 is 2.27 bits per heavy atom. The minimum absolute atomic E-state index is 0.293. The highest BCUT2D eigenvalue weighted by Crippen LogP contribution is 2.25. The molecular weight excluding hydrogens is 188 g/mol. The van der Waals surface area contributed by atoms with Gasteiger partial charge in [0.25, 0.3) is 0 Å². The normalized spacial score (nSPS) is 16.3. The third-order valence-electron chi connectivity index (χ3n) is 3.04. The van der Waals surface area contributed by atoms with Crippen molar-refractivity contribution >= 4 is 0 Å². The molecule has 2 rings (SSSR count). The van der Waals surface area contributed by atoms with Gasteiger partial charge in [-0.15, -0.1) is 0 Å². The summed E-state index contributed by atoms with van der Waals surface area (Å²) in [7, 11) is 0. The molecule has 3 nitrogen and oxygen atoms in total. The first-order valence-corrected chi connectivity index (χ1v) is 5.62. The van der Waals surface area contributed by atoms with Crippen LogP contribution in [-0.4, -0.2) is 16.6 Å². The van der Waals surface area contributed by atoms with Gasteiger partial charge in [-0.3, -0.25) is 4.98 Å². The van der Waals surface area contributed by atoms with Crippen molar-refractivity contribution < 1.29 is 5.11 Å². The monoisotopic (exact) mass is 206 g/mol. The number of rotatable bonds is 4. The fourth-order valence-electron chi connectivity index (χ4n) is 1.82. The summed E-state index contributed by atoms with van der Waals surface area (Å²) in [6.45, 7) is 3.66. The highest BCUT2D eigenvalue weighted by Gasteiger charge is 2.16. The lowest BCUT2D eigenvalue weighted by molar-refractivity contribution is 0.300. The molecule has 82 valence electrons. The van der Waals surface area contributed by atoms with Crippen LogP contribution in [0, 0.1) is 12.8 Å². The van der Waals surface area contributed by atoms with Gasteiger partial charge < -0.3 is 10.4 Å². The SMILES string of the molecule is Cc1ccc(O)c(CNCC2CCC2)n1. The molecule has 0 radical (unpaired) electrons. The van der Waals surface area contributed by atoms with Gasteiger partial charge in [-0.05, 0) is 44.4 Å². The van der Waals surface area contributed by atoms with Crippen LogP contribution >= 0.6 is 0 Å². The number of hydrogen-bond donors (Lipinski definition) is 2. The summed E-state index contributed by atoms with van der Waals surface area (Å²) >= 11 is 0. The maximum atomic E-state index is 9.57. The zero-order valence-corrected chi connectivity index (χ0v) is 9.16. The first kappa shape index (κ1) is 10.4. The van der Waals surface area contributed by atoms with Crippen molar-refractivity contribution in [1.29, 1.82) is 0 Å². The molecule has 0 atom stereocenters. The fraction of sp³-hybridized carbons (Fsp3) is 0.583. The molecular formula is C12H18N2O. The van der Waals surface area contributed by atoms with Gasteiger partial charge in [0, 0.05) is 12.2 Å². The molecule has 1 aliphatic rings. The van der Waals surface area contributed by atoms with Crippen LogP contribution in [0.5, 0.6) is 5.75 Å². The molecule has 0 saturated heterocycles. The second-order valence-corrected chi connectivity index (χ2v) is 4.35. The van der Waals surface area contributed by atoms with Crippen LogP contribution in [0.2, 0.25) is 0 Å². The second kappa shape index (κ2) is 4.62. The van der Waals surface area contributed by atoms with Crippen molar-refractivity contribution in [2.75, 3.05) is 6.54 Å². The summed E-state index contributed by atoms with van der Waals surface area (Å²) in [4.78, 5) is 4.30. The molecule has 0 aliphatic heterocycles. The molecule has 1 fully saturated rings. The maximum Gasteiger partial charge on any atom is 0.138 e. The van der Waals surface area contributed by atoms with E-state index in [0.717, 1.165) is 23.9 Å². The van der Waals surface area contributed by atoms with E-state index in [0.29, 0.717) is 12.3 Å². The number of hydrogen-bond acceptors (Lipinski definition) is 3. The molecule has 1 aromatic rings. The molecule has 15 heavy (non-hydrogen) atoms. The third-order valence-corrected chi connectivity index (χ3v) is 3.04. The van der Waals surface area contributed by atoms with E-state index in [4.69, 9.17) is 0 Å². The summed E-state index contributed by atoms with van der Waals surface area (Å²) in [5.41, 5.74) is 1.71. The standard InChI is InChI=1S/C12H18N2O/c1-9-5-6-12(15)11(14-9)8-13-7-10-3-2-4-10/h5-6,10,13,15H,2-4,7-8H2,1H3. The predicted molar refractivity (Wildman–Crippen MR) is 59.7 cm³/mol. The van der Waals surface area contributed by atoms with E-state index < -0.39 is 0 Å². The van der Waals surface area contributed by atoms with Crippen LogP contribution < -0.4 is 5.32 Å². The Bertz CT molecular complexity index is 334. The minimum Gasteiger partial charge on any atom is -0.506 e. The molecule has 0 amide bonds. The average Bonchev–Trinajstić information content (AvgIpc) is 2.15. The maximum absolute atomic E-state index is 9.57. The van der Waals surface area contributed by atoms with Gasteiger partial charge in [-0.2, -0.15) is 0 Å². The molecule has 0 bridgehead atoms. The Labute approximate surface area is 90.5 Å². The van der Waals surface area contributed by atoms with Crippen molar-refractivity contribution in [2.24, 2.45) is 5.92 Å². The highest BCUT2D eigenvalue weighted by molar-refractivity contribution is 5.27. The average molecular weight is 206 g/mol. The summed E-state index contributed by atoms with van der Waals surface area (Å²) in [6.07, 6.45) is 4.07. The van der Waals surface area contributed by atoms with Gasteiger partial charge in [0.2, 0.25) is 0 Å².